The molecule has 0 bridgehead atoms. The number of carbonyl (C=O) groups excluding carboxylic acids is 1. The Balaban J connectivity index is 1.41. The minimum Gasteiger partial charge on any atom is -0.335 e. The molecule has 114 valence electrons. The number of hydrogen-bond donors (Lipinski definition) is 2. The second kappa shape index (κ2) is 5.23. The van der Waals surface area contributed by atoms with E-state index in [1.54, 1.807) is 0 Å². The Labute approximate surface area is 123 Å². The molecule has 3 heteroatoms. The third kappa shape index (κ3) is 3.48. The van der Waals surface area contributed by atoms with Crippen LogP contribution in [-0.2, 0) is 0 Å². The highest BCUT2D eigenvalue weighted by molar-refractivity contribution is 5.74. The average Bonchev–Trinajstić information content (AvgIpc) is 3.11. The third-order valence-corrected chi connectivity index (χ3v) is 5.91. The van der Waals surface area contributed by atoms with Crippen molar-refractivity contribution in [2.45, 2.75) is 90.1 Å². The molecule has 3 fully saturated rings. The molecule has 3 aliphatic carbocycles. The number of urea groups is 1. The van der Waals surface area contributed by atoms with Gasteiger partial charge in [-0.1, -0.05) is 20.3 Å². The van der Waals surface area contributed by atoms with Crippen molar-refractivity contribution < 1.29 is 4.79 Å². The molecule has 0 saturated heterocycles. The summed E-state index contributed by atoms with van der Waals surface area (Å²) >= 11 is 0. The maximum Gasteiger partial charge on any atom is 0.315 e. The van der Waals surface area contributed by atoms with Crippen molar-refractivity contribution in [2.24, 2.45) is 10.8 Å². The monoisotopic (exact) mass is 278 g/mol. The van der Waals surface area contributed by atoms with Crippen LogP contribution in [0.5, 0.6) is 0 Å². The van der Waals surface area contributed by atoms with Crippen molar-refractivity contribution in [1.82, 2.24) is 10.6 Å². The Bertz CT molecular complexity index is 363. The first kappa shape index (κ1) is 14.2. The number of rotatable bonds is 2. The van der Waals surface area contributed by atoms with Crippen molar-refractivity contribution >= 4 is 6.03 Å². The highest BCUT2D eigenvalue weighted by atomic mass is 16.2. The van der Waals surface area contributed by atoms with Gasteiger partial charge in [0.05, 0.1) is 0 Å². The Morgan fingerprint density at radius 2 is 1.55 bits per heavy atom. The molecular weight excluding hydrogens is 248 g/mol. The van der Waals surface area contributed by atoms with E-state index in [1.807, 2.05) is 0 Å². The Morgan fingerprint density at radius 3 is 2.20 bits per heavy atom. The van der Waals surface area contributed by atoms with Crippen LogP contribution in [0.2, 0.25) is 0 Å². The first-order chi connectivity index (χ1) is 9.46. The van der Waals surface area contributed by atoms with Gasteiger partial charge in [-0.15, -0.1) is 0 Å². The lowest BCUT2D eigenvalue weighted by Gasteiger charge is -2.35. The van der Waals surface area contributed by atoms with Crippen molar-refractivity contribution in [1.29, 1.82) is 0 Å². The summed E-state index contributed by atoms with van der Waals surface area (Å²) in [5.74, 6) is 0. The minimum absolute atomic E-state index is 0.0809. The SMILES string of the molecule is CC1(C)CCC(NC(=O)NC2CCCC3(CC3)C2)CC1. The fourth-order valence-corrected chi connectivity index (χ4v) is 4.16. The summed E-state index contributed by atoms with van der Waals surface area (Å²) in [4.78, 5) is 12.2. The molecule has 2 amide bonds. The van der Waals surface area contributed by atoms with Crippen LogP contribution in [0.1, 0.15) is 78.1 Å². The van der Waals surface area contributed by atoms with Gasteiger partial charge in [-0.2, -0.15) is 0 Å². The van der Waals surface area contributed by atoms with Crippen LogP contribution in [-0.4, -0.2) is 18.1 Å². The summed E-state index contributed by atoms with van der Waals surface area (Å²) in [6, 6.07) is 0.894. The van der Waals surface area contributed by atoms with E-state index in [0.29, 0.717) is 22.9 Å². The van der Waals surface area contributed by atoms with Crippen LogP contribution < -0.4 is 10.6 Å². The van der Waals surface area contributed by atoms with E-state index in [9.17, 15) is 4.79 Å². The lowest BCUT2D eigenvalue weighted by Crippen LogP contribution is -2.49. The lowest BCUT2D eigenvalue weighted by atomic mass is 9.75. The van der Waals surface area contributed by atoms with Crippen LogP contribution in [0, 0.1) is 10.8 Å². The molecule has 1 unspecified atom stereocenters. The van der Waals surface area contributed by atoms with Crippen LogP contribution in [0.15, 0.2) is 0 Å². The largest absolute Gasteiger partial charge is 0.335 e. The van der Waals surface area contributed by atoms with Crippen molar-refractivity contribution in [3.63, 3.8) is 0 Å². The highest BCUT2D eigenvalue weighted by Gasteiger charge is 2.46. The molecule has 1 spiro atoms. The van der Waals surface area contributed by atoms with Gasteiger partial charge >= 0.3 is 6.03 Å². The summed E-state index contributed by atoms with van der Waals surface area (Å²) in [5.41, 5.74) is 1.10. The molecule has 3 nitrogen and oxygen atoms in total. The van der Waals surface area contributed by atoms with E-state index in [0.717, 1.165) is 12.8 Å². The second-order valence-electron chi connectivity index (χ2n) is 8.35. The van der Waals surface area contributed by atoms with Crippen molar-refractivity contribution in [3.8, 4) is 0 Å². The van der Waals surface area contributed by atoms with E-state index in [-0.39, 0.29) is 6.03 Å². The van der Waals surface area contributed by atoms with Crippen LogP contribution >= 0.6 is 0 Å². The maximum atomic E-state index is 12.2. The molecule has 0 radical (unpaired) electrons. The fourth-order valence-electron chi connectivity index (χ4n) is 4.16. The van der Waals surface area contributed by atoms with E-state index >= 15 is 0 Å². The van der Waals surface area contributed by atoms with Gasteiger partial charge in [-0.3, -0.25) is 0 Å². The molecule has 0 aromatic heterocycles. The normalized spacial score (nSPS) is 31.8. The maximum absolute atomic E-state index is 12.2. The zero-order valence-electron chi connectivity index (χ0n) is 13.1. The second-order valence-corrected chi connectivity index (χ2v) is 8.35. The van der Waals surface area contributed by atoms with E-state index in [4.69, 9.17) is 0 Å². The predicted molar refractivity (Wildman–Crippen MR) is 81.6 cm³/mol. The Hall–Kier alpha value is -0.730. The standard InChI is InChI=1S/C17H30N2O/c1-16(2)8-5-13(6-9-16)18-15(20)19-14-4-3-7-17(12-14)10-11-17/h13-14H,3-12H2,1-2H3,(H2,18,19,20). The van der Waals surface area contributed by atoms with E-state index in [1.165, 1.54) is 51.4 Å². The smallest absolute Gasteiger partial charge is 0.315 e. The molecule has 0 aromatic carbocycles. The Morgan fingerprint density at radius 1 is 0.900 bits per heavy atom. The van der Waals surface area contributed by atoms with Crippen molar-refractivity contribution in [2.75, 3.05) is 0 Å². The summed E-state index contributed by atoms with van der Waals surface area (Å²) in [6.07, 6.45) is 12.6. The van der Waals surface area contributed by atoms with Crippen LogP contribution in [0.25, 0.3) is 0 Å². The number of amides is 2. The lowest BCUT2D eigenvalue weighted by molar-refractivity contribution is 0.191. The molecule has 2 N–H and O–H groups in total. The quantitative estimate of drug-likeness (QED) is 0.788. The van der Waals surface area contributed by atoms with Gasteiger partial charge < -0.3 is 10.6 Å². The van der Waals surface area contributed by atoms with Gasteiger partial charge in [0.15, 0.2) is 0 Å². The van der Waals surface area contributed by atoms with Crippen molar-refractivity contribution in [3.05, 3.63) is 0 Å². The van der Waals surface area contributed by atoms with E-state index < -0.39 is 0 Å². The third-order valence-electron chi connectivity index (χ3n) is 5.91. The first-order valence-corrected chi connectivity index (χ1v) is 8.54. The first-order valence-electron chi connectivity index (χ1n) is 8.54. The topological polar surface area (TPSA) is 41.1 Å². The van der Waals surface area contributed by atoms with Gasteiger partial charge in [0, 0.05) is 12.1 Å². The molecule has 20 heavy (non-hydrogen) atoms. The van der Waals surface area contributed by atoms with Crippen LogP contribution in [0.4, 0.5) is 4.79 Å². The van der Waals surface area contributed by atoms with E-state index in [2.05, 4.69) is 24.5 Å². The zero-order valence-corrected chi connectivity index (χ0v) is 13.1. The number of nitrogens with one attached hydrogen (secondary N) is 2. The fraction of sp³-hybridized carbons (Fsp3) is 0.941. The summed E-state index contributed by atoms with van der Waals surface area (Å²) in [5, 5.41) is 6.43. The van der Waals surface area contributed by atoms with Gasteiger partial charge in [0.1, 0.15) is 0 Å². The van der Waals surface area contributed by atoms with Gasteiger partial charge in [-0.05, 0) is 68.6 Å². The molecule has 3 aliphatic rings. The van der Waals surface area contributed by atoms with Crippen LogP contribution in [0.3, 0.4) is 0 Å². The molecule has 3 saturated carbocycles. The molecule has 0 aromatic rings. The molecule has 0 aliphatic heterocycles. The predicted octanol–water partition coefficient (Wildman–Crippen LogP) is 3.98. The minimum atomic E-state index is 0.0809. The summed E-state index contributed by atoms with van der Waals surface area (Å²) < 4.78 is 0. The van der Waals surface area contributed by atoms with Gasteiger partial charge in [0.25, 0.3) is 0 Å². The van der Waals surface area contributed by atoms with Gasteiger partial charge in [0.2, 0.25) is 0 Å². The molecule has 3 rings (SSSR count). The van der Waals surface area contributed by atoms with Gasteiger partial charge in [-0.25, -0.2) is 4.79 Å². The molecular formula is C17H30N2O. The molecule has 1 atom stereocenters. The Kier molecular flexibility index (Phi) is 3.72. The highest BCUT2D eigenvalue weighted by Crippen LogP contribution is 2.56. The zero-order chi connectivity index (χ0) is 14.2. The molecule has 0 heterocycles. The summed E-state index contributed by atoms with van der Waals surface area (Å²) in [6.45, 7) is 4.67. The average molecular weight is 278 g/mol. The number of hydrogen-bond acceptors (Lipinski definition) is 1. The number of carbonyl (C=O) groups is 1. The summed E-state index contributed by atoms with van der Waals surface area (Å²) in [7, 11) is 0.